The molecule has 4 aliphatic carbocycles. The van der Waals surface area contributed by atoms with E-state index in [1.165, 1.54) is 26.7 Å². The van der Waals surface area contributed by atoms with Crippen LogP contribution in [0.5, 0.6) is 0 Å². The molecule has 1 N–H and O–H groups in total. The Hall–Kier alpha value is -1.12. The van der Waals surface area contributed by atoms with Crippen LogP contribution in [0.25, 0.3) is 0 Å². The highest BCUT2D eigenvalue weighted by molar-refractivity contribution is 9.10. The van der Waals surface area contributed by atoms with E-state index < -0.39 is 0 Å². The van der Waals surface area contributed by atoms with Crippen molar-refractivity contribution in [3.8, 4) is 0 Å². The predicted octanol–water partition coefficient (Wildman–Crippen LogP) is 3.83. The predicted molar refractivity (Wildman–Crippen MR) is 81.3 cm³/mol. The lowest BCUT2D eigenvalue weighted by Crippen LogP contribution is -2.02. The van der Waals surface area contributed by atoms with Crippen molar-refractivity contribution >= 4 is 15.9 Å². The Bertz CT molecular complexity index is 604. The minimum absolute atomic E-state index is 0.141. The van der Waals surface area contributed by atoms with Crippen LogP contribution in [0.1, 0.15) is 27.8 Å². The van der Waals surface area contributed by atoms with Gasteiger partial charge in [0.1, 0.15) is 0 Å². The second kappa shape index (κ2) is 5.48. The van der Waals surface area contributed by atoms with E-state index in [-0.39, 0.29) is 6.61 Å². The Morgan fingerprint density at radius 1 is 0.842 bits per heavy atom. The summed E-state index contributed by atoms with van der Waals surface area (Å²) in [4.78, 5) is 0. The van der Waals surface area contributed by atoms with Gasteiger partial charge < -0.3 is 5.11 Å². The van der Waals surface area contributed by atoms with Gasteiger partial charge in [-0.15, -0.1) is 0 Å². The zero-order valence-corrected chi connectivity index (χ0v) is 12.4. The van der Waals surface area contributed by atoms with Gasteiger partial charge >= 0.3 is 0 Å². The van der Waals surface area contributed by atoms with Gasteiger partial charge in [-0.3, -0.25) is 0 Å². The van der Waals surface area contributed by atoms with Gasteiger partial charge in [-0.1, -0.05) is 46.3 Å². The quantitative estimate of drug-likeness (QED) is 0.848. The van der Waals surface area contributed by atoms with Gasteiger partial charge in [-0.05, 0) is 59.6 Å². The fourth-order valence-electron chi connectivity index (χ4n) is 2.73. The van der Waals surface area contributed by atoms with Crippen LogP contribution in [-0.2, 0) is 32.3 Å². The molecular formula is C17H17BrO. The molecule has 0 saturated heterocycles. The summed E-state index contributed by atoms with van der Waals surface area (Å²) < 4.78 is 1.21. The number of hydrogen-bond donors (Lipinski definition) is 1. The Labute approximate surface area is 122 Å². The zero-order chi connectivity index (χ0) is 13.2. The minimum Gasteiger partial charge on any atom is -0.392 e. The summed E-state index contributed by atoms with van der Waals surface area (Å²) in [6.45, 7) is 0.141. The number of benzene rings is 2. The van der Waals surface area contributed by atoms with Crippen molar-refractivity contribution in [2.45, 2.75) is 32.3 Å². The fourth-order valence-corrected chi connectivity index (χ4v) is 3.36. The molecule has 0 aliphatic heterocycles. The van der Waals surface area contributed by atoms with Crippen LogP contribution < -0.4 is 0 Å². The number of aliphatic hydroxyl groups excluding tert-OH is 1. The lowest BCUT2D eigenvalue weighted by molar-refractivity contribution is 0.280. The van der Waals surface area contributed by atoms with E-state index in [2.05, 4.69) is 52.3 Å². The summed E-state index contributed by atoms with van der Waals surface area (Å²) >= 11 is 3.67. The summed E-state index contributed by atoms with van der Waals surface area (Å²) in [5, 5.41) is 9.52. The van der Waals surface area contributed by atoms with E-state index >= 15 is 0 Å². The lowest BCUT2D eigenvalue weighted by Gasteiger charge is -2.14. The summed E-state index contributed by atoms with van der Waals surface area (Å²) in [6.07, 6.45) is 4.06. The van der Waals surface area contributed by atoms with Crippen LogP contribution in [0.15, 0.2) is 40.9 Å². The van der Waals surface area contributed by atoms with Crippen molar-refractivity contribution in [1.82, 2.24) is 0 Å². The van der Waals surface area contributed by atoms with Crippen molar-refractivity contribution in [2.24, 2.45) is 0 Å². The Kier molecular flexibility index (Phi) is 3.72. The number of hydrogen-bond acceptors (Lipinski definition) is 1. The highest BCUT2D eigenvalue weighted by Crippen LogP contribution is 2.24. The molecule has 0 unspecified atom stereocenters. The van der Waals surface area contributed by atoms with Gasteiger partial charge in [-0.2, -0.15) is 0 Å². The molecule has 0 aromatic heterocycles. The maximum absolute atomic E-state index is 9.52. The van der Waals surface area contributed by atoms with E-state index in [4.69, 9.17) is 0 Å². The van der Waals surface area contributed by atoms with Gasteiger partial charge in [0.2, 0.25) is 0 Å². The van der Waals surface area contributed by atoms with Crippen LogP contribution in [0.4, 0.5) is 0 Å². The van der Waals surface area contributed by atoms with Crippen LogP contribution >= 0.6 is 15.9 Å². The normalized spacial score (nSPS) is 14.2. The molecule has 98 valence electrons. The maximum atomic E-state index is 9.52. The molecule has 0 fully saturated rings. The Balaban J connectivity index is 2.03. The first kappa shape index (κ1) is 12.9. The second-order valence-corrected chi connectivity index (χ2v) is 6.04. The van der Waals surface area contributed by atoms with E-state index in [0.717, 1.165) is 31.2 Å². The first-order chi connectivity index (χ1) is 9.26. The SMILES string of the molecule is OCc1cc2ccc1CCc1ccc(cc1Br)CC2. The molecule has 19 heavy (non-hydrogen) atoms. The number of aliphatic hydroxyl groups is 1. The molecule has 0 heterocycles. The monoisotopic (exact) mass is 316 g/mol. The highest BCUT2D eigenvalue weighted by atomic mass is 79.9. The largest absolute Gasteiger partial charge is 0.392 e. The van der Waals surface area contributed by atoms with Gasteiger partial charge in [0.05, 0.1) is 6.61 Å². The third-order valence-electron chi connectivity index (χ3n) is 3.92. The molecule has 0 atom stereocenters. The molecule has 2 aromatic carbocycles. The molecular weight excluding hydrogens is 300 g/mol. The number of aryl methyl sites for hydroxylation is 4. The molecule has 0 radical (unpaired) electrons. The Morgan fingerprint density at radius 2 is 1.47 bits per heavy atom. The van der Waals surface area contributed by atoms with Crippen molar-refractivity contribution in [2.75, 3.05) is 0 Å². The van der Waals surface area contributed by atoms with Gasteiger partial charge in [0.15, 0.2) is 0 Å². The molecule has 4 bridgehead atoms. The van der Waals surface area contributed by atoms with E-state index in [1.807, 2.05) is 0 Å². The Morgan fingerprint density at radius 3 is 2.16 bits per heavy atom. The standard InChI is InChI=1S/C17H17BrO/c18-17-10-13-2-1-12-3-5-14(16(9-12)11-19)7-8-15(17)6-4-13/h3-6,9-10,19H,1-2,7-8,11H2. The third-order valence-corrected chi connectivity index (χ3v) is 4.66. The first-order valence-corrected chi connectivity index (χ1v) is 7.54. The minimum atomic E-state index is 0.141. The van der Waals surface area contributed by atoms with Crippen LogP contribution in [0, 0.1) is 0 Å². The van der Waals surface area contributed by atoms with Crippen LogP contribution in [0.3, 0.4) is 0 Å². The van der Waals surface area contributed by atoms with E-state index in [1.54, 1.807) is 0 Å². The van der Waals surface area contributed by atoms with Crippen LogP contribution in [0.2, 0.25) is 0 Å². The summed E-state index contributed by atoms with van der Waals surface area (Å²) in [5.41, 5.74) is 6.38. The molecule has 2 heteroatoms. The van der Waals surface area contributed by atoms with Crippen molar-refractivity contribution in [3.05, 3.63) is 68.7 Å². The molecule has 0 amide bonds. The average molecular weight is 317 g/mol. The lowest BCUT2D eigenvalue weighted by atomic mass is 9.93. The first-order valence-electron chi connectivity index (χ1n) is 6.75. The van der Waals surface area contributed by atoms with Gasteiger partial charge in [-0.25, -0.2) is 0 Å². The summed E-state index contributed by atoms with van der Waals surface area (Å²) in [7, 11) is 0. The van der Waals surface area contributed by atoms with Gasteiger partial charge in [0.25, 0.3) is 0 Å². The third kappa shape index (κ3) is 2.75. The molecule has 0 saturated carbocycles. The second-order valence-electron chi connectivity index (χ2n) is 5.19. The van der Waals surface area contributed by atoms with Crippen molar-refractivity contribution < 1.29 is 5.11 Å². The molecule has 1 nitrogen and oxygen atoms in total. The molecule has 2 aromatic rings. The number of halogens is 1. The van der Waals surface area contributed by atoms with Crippen molar-refractivity contribution in [3.63, 3.8) is 0 Å². The zero-order valence-electron chi connectivity index (χ0n) is 10.8. The number of rotatable bonds is 1. The molecule has 6 rings (SSSR count). The topological polar surface area (TPSA) is 20.2 Å². The summed E-state index contributed by atoms with van der Waals surface area (Å²) in [6, 6.07) is 13.3. The van der Waals surface area contributed by atoms with E-state index in [9.17, 15) is 5.11 Å². The highest BCUT2D eigenvalue weighted by Gasteiger charge is 2.09. The maximum Gasteiger partial charge on any atom is 0.0684 e. The van der Waals surface area contributed by atoms with Crippen molar-refractivity contribution in [1.29, 1.82) is 0 Å². The smallest absolute Gasteiger partial charge is 0.0684 e. The molecule has 4 aliphatic rings. The summed E-state index contributed by atoms with van der Waals surface area (Å²) in [5.74, 6) is 0. The van der Waals surface area contributed by atoms with E-state index in [0.29, 0.717) is 0 Å². The van der Waals surface area contributed by atoms with Gasteiger partial charge in [0, 0.05) is 4.47 Å². The average Bonchev–Trinajstić information content (AvgIpc) is 2.42. The molecule has 0 spiro atoms. The fraction of sp³-hybridized carbons (Fsp3) is 0.294. The van der Waals surface area contributed by atoms with Crippen LogP contribution in [-0.4, -0.2) is 5.11 Å².